The van der Waals surface area contributed by atoms with E-state index in [0.717, 1.165) is 18.4 Å². The second-order valence-electron chi connectivity index (χ2n) is 7.09. The SMILES string of the molecule is CCCCCCCCC/C=C/C(=O)C[C@@H](C)NC(=O)OCc1ccccc1. The van der Waals surface area contributed by atoms with Gasteiger partial charge in [0, 0.05) is 12.5 Å². The molecule has 0 aromatic heterocycles. The predicted molar refractivity (Wildman–Crippen MR) is 111 cm³/mol. The van der Waals surface area contributed by atoms with Crippen molar-refractivity contribution in [2.45, 2.75) is 84.3 Å². The zero-order valence-electron chi connectivity index (χ0n) is 16.9. The van der Waals surface area contributed by atoms with E-state index in [1.807, 2.05) is 43.3 Å². The van der Waals surface area contributed by atoms with Crippen molar-refractivity contribution in [2.75, 3.05) is 0 Å². The third kappa shape index (κ3) is 12.8. The minimum Gasteiger partial charge on any atom is -0.445 e. The molecule has 0 fully saturated rings. The number of ether oxygens (including phenoxy) is 1. The number of nitrogens with one attached hydrogen (secondary N) is 1. The second kappa shape index (κ2) is 15.0. The minimum atomic E-state index is -0.494. The second-order valence-corrected chi connectivity index (χ2v) is 7.09. The van der Waals surface area contributed by atoms with Crippen LogP contribution in [0.25, 0.3) is 0 Å². The van der Waals surface area contributed by atoms with E-state index in [1.54, 1.807) is 6.08 Å². The van der Waals surface area contributed by atoms with Gasteiger partial charge in [-0.25, -0.2) is 4.79 Å². The van der Waals surface area contributed by atoms with Gasteiger partial charge in [-0.05, 0) is 31.4 Å². The van der Waals surface area contributed by atoms with Crippen molar-refractivity contribution in [1.29, 1.82) is 0 Å². The first-order chi connectivity index (χ1) is 13.1. The van der Waals surface area contributed by atoms with Crippen LogP contribution in [0.3, 0.4) is 0 Å². The fourth-order valence-corrected chi connectivity index (χ4v) is 2.82. The van der Waals surface area contributed by atoms with Gasteiger partial charge in [-0.2, -0.15) is 0 Å². The number of allylic oxidation sites excluding steroid dienone is 2. The molecule has 1 aromatic carbocycles. The van der Waals surface area contributed by atoms with E-state index in [-0.39, 0.29) is 24.9 Å². The molecule has 1 atom stereocenters. The van der Waals surface area contributed by atoms with Crippen LogP contribution in [0.4, 0.5) is 4.79 Å². The molecular formula is C23H35NO3. The van der Waals surface area contributed by atoms with Crippen LogP contribution in [0.2, 0.25) is 0 Å². The number of hydrogen-bond acceptors (Lipinski definition) is 3. The summed E-state index contributed by atoms with van der Waals surface area (Å²) in [6.45, 7) is 4.27. The van der Waals surface area contributed by atoms with Crippen LogP contribution in [0.1, 0.15) is 77.2 Å². The van der Waals surface area contributed by atoms with Gasteiger partial charge in [0.15, 0.2) is 5.78 Å². The summed E-state index contributed by atoms with van der Waals surface area (Å²) in [5.74, 6) is 0.0359. The molecule has 0 aliphatic heterocycles. The van der Waals surface area contributed by atoms with Gasteiger partial charge >= 0.3 is 6.09 Å². The summed E-state index contributed by atoms with van der Waals surface area (Å²) in [5, 5.41) is 2.70. The minimum absolute atomic E-state index is 0.0359. The number of carbonyl (C=O) groups excluding carboxylic acids is 2. The largest absolute Gasteiger partial charge is 0.445 e. The molecule has 0 heterocycles. The van der Waals surface area contributed by atoms with Crippen molar-refractivity contribution in [2.24, 2.45) is 0 Å². The first kappa shape index (κ1) is 22.9. The third-order valence-corrected chi connectivity index (χ3v) is 4.36. The topological polar surface area (TPSA) is 55.4 Å². The lowest BCUT2D eigenvalue weighted by Crippen LogP contribution is -2.34. The molecule has 1 aromatic rings. The fourth-order valence-electron chi connectivity index (χ4n) is 2.82. The molecule has 0 aliphatic rings. The molecule has 1 N–H and O–H groups in total. The van der Waals surface area contributed by atoms with Gasteiger partial charge in [0.25, 0.3) is 0 Å². The smallest absolute Gasteiger partial charge is 0.407 e. The Morgan fingerprint density at radius 3 is 2.41 bits per heavy atom. The van der Waals surface area contributed by atoms with Crippen molar-refractivity contribution in [3.05, 3.63) is 48.0 Å². The molecule has 4 heteroatoms. The number of amides is 1. The Kier molecular flexibility index (Phi) is 12.7. The molecule has 0 radical (unpaired) electrons. The van der Waals surface area contributed by atoms with E-state index in [9.17, 15) is 9.59 Å². The number of alkyl carbamates (subject to hydrolysis) is 1. The van der Waals surface area contributed by atoms with Crippen LogP contribution in [0.15, 0.2) is 42.5 Å². The van der Waals surface area contributed by atoms with Crippen molar-refractivity contribution in [1.82, 2.24) is 5.32 Å². The number of rotatable bonds is 14. The highest BCUT2D eigenvalue weighted by molar-refractivity contribution is 5.90. The summed E-state index contributed by atoms with van der Waals surface area (Å²) in [4.78, 5) is 23.7. The lowest BCUT2D eigenvalue weighted by Gasteiger charge is -2.12. The van der Waals surface area contributed by atoms with Crippen molar-refractivity contribution in [3.8, 4) is 0 Å². The van der Waals surface area contributed by atoms with Gasteiger partial charge in [-0.3, -0.25) is 4.79 Å². The maximum absolute atomic E-state index is 11.9. The van der Waals surface area contributed by atoms with E-state index in [1.165, 1.54) is 38.5 Å². The highest BCUT2D eigenvalue weighted by Gasteiger charge is 2.11. The summed E-state index contributed by atoms with van der Waals surface area (Å²) < 4.78 is 5.16. The van der Waals surface area contributed by atoms with E-state index in [4.69, 9.17) is 4.74 Å². The molecule has 0 saturated carbocycles. The number of ketones is 1. The maximum atomic E-state index is 11.9. The van der Waals surface area contributed by atoms with Crippen LogP contribution in [-0.2, 0) is 16.1 Å². The Hall–Kier alpha value is -2.10. The van der Waals surface area contributed by atoms with Crippen LogP contribution in [-0.4, -0.2) is 17.9 Å². The number of benzene rings is 1. The summed E-state index contributed by atoms with van der Waals surface area (Å²) in [7, 11) is 0. The lowest BCUT2D eigenvalue weighted by atomic mass is 10.1. The molecule has 0 bridgehead atoms. The van der Waals surface area contributed by atoms with Gasteiger partial charge in [0.2, 0.25) is 0 Å². The predicted octanol–water partition coefficient (Wildman–Crippen LogP) is 5.96. The monoisotopic (exact) mass is 373 g/mol. The first-order valence-electron chi connectivity index (χ1n) is 10.3. The summed E-state index contributed by atoms with van der Waals surface area (Å²) in [5.41, 5.74) is 0.935. The zero-order valence-corrected chi connectivity index (χ0v) is 16.9. The molecule has 0 unspecified atom stereocenters. The Bertz CT molecular complexity index is 554. The quantitative estimate of drug-likeness (QED) is 0.323. The maximum Gasteiger partial charge on any atom is 0.407 e. The van der Waals surface area contributed by atoms with E-state index >= 15 is 0 Å². The van der Waals surface area contributed by atoms with Crippen molar-refractivity contribution >= 4 is 11.9 Å². The van der Waals surface area contributed by atoms with E-state index in [0.29, 0.717) is 0 Å². The Labute approximate surface area is 164 Å². The van der Waals surface area contributed by atoms with Gasteiger partial charge in [0.1, 0.15) is 6.61 Å². The highest BCUT2D eigenvalue weighted by atomic mass is 16.5. The standard InChI is InChI=1S/C23H35NO3/c1-3-4-5-6-7-8-9-10-14-17-22(25)18-20(2)24-23(26)27-19-21-15-12-11-13-16-21/h11-17,20H,3-10,18-19H2,1-2H3,(H,24,26)/b17-14+/t20-/m1/s1. The van der Waals surface area contributed by atoms with Crippen LogP contribution in [0.5, 0.6) is 0 Å². The van der Waals surface area contributed by atoms with E-state index in [2.05, 4.69) is 12.2 Å². The van der Waals surface area contributed by atoms with Gasteiger partial charge in [-0.15, -0.1) is 0 Å². The zero-order chi connectivity index (χ0) is 19.7. The molecule has 27 heavy (non-hydrogen) atoms. The number of hydrogen-bond donors (Lipinski definition) is 1. The van der Waals surface area contributed by atoms with Crippen LogP contribution in [0, 0.1) is 0 Å². The summed E-state index contributed by atoms with van der Waals surface area (Å²) >= 11 is 0. The normalized spacial score (nSPS) is 12.1. The van der Waals surface area contributed by atoms with Gasteiger partial charge in [-0.1, -0.05) is 81.9 Å². The molecule has 0 spiro atoms. The fraction of sp³-hybridized carbons (Fsp3) is 0.565. The molecule has 0 saturated heterocycles. The Morgan fingerprint density at radius 2 is 1.70 bits per heavy atom. The van der Waals surface area contributed by atoms with E-state index < -0.39 is 6.09 Å². The third-order valence-electron chi connectivity index (χ3n) is 4.36. The summed E-state index contributed by atoms with van der Waals surface area (Å²) in [6.07, 6.45) is 13.3. The van der Waals surface area contributed by atoms with Crippen molar-refractivity contribution in [3.63, 3.8) is 0 Å². The molecule has 150 valence electrons. The number of unbranched alkanes of at least 4 members (excludes halogenated alkanes) is 7. The van der Waals surface area contributed by atoms with Crippen molar-refractivity contribution < 1.29 is 14.3 Å². The molecule has 4 nitrogen and oxygen atoms in total. The first-order valence-corrected chi connectivity index (χ1v) is 10.3. The number of carbonyl (C=O) groups is 2. The molecule has 1 amide bonds. The molecule has 1 rings (SSSR count). The molecular weight excluding hydrogens is 338 g/mol. The van der Waals surface area contributed by atoms with Crippen LogP contribution < -0.4 is 5.32 Å². The van der Waals surface area contributed by atoms with Crippen LogP contribution >= 0.6 is 0 Å². The van der Waals surface area contributed by atoms with Gasteiger partial charge < -0.3 is 10.1 Å². The van der Waals surface area contributed by atoms with Gasteiger partial charge in [0.05, 0.1) is 0 Å². The lowest BCUT2D eigenvalue weighted by molar-refractivity contribution is -0.114. The Morgan fingerprint density at radius 1 is 1.04 bits per heavy atom. The summed E-state index contributed by atoms with van der Waals surface area (Å²) in [6, 6.07) is 9.27. The molecule has 0 aliphatic carbocycles. The average molecular weight is 374 g/mol. The average Bonchev–Trinajstić information content (AvgIpc) is 2.65. The Balaban J connectivity index is 2.08. The highest BCUT2D eigenvalue weighted by Crippen LogP contribution is 2.09.